The molecule has 0 spiro atoms. The third-order valence-electron chi connectivity index (χ3n) is 3.44. The summed E-state index contributed by atoms with van der Waals surface area (Å²) in [6.45, 7) is 8.33. The topological polar surface area (TPSA) is 78.5 Å². The fourth-order valence-electron chi connectivity index (χ4n) is 2.15. The summed E-state index contributed by atoms with van der Waals surface area (Å²) in [7, 11) is -3.38. The van der Waals surface area contributed by atoms with Gasteiger partial charge < -0.3 is 10.6 Å². The molecule has 0 radical (unpaired) electrons. The largest absolute Gasteiger partial charge is 0.356 e. The van der Waals surface area contributed by atoms with E-state index in [0.29, 0.717) is 32.7 Å². The molecule has 1 rings (SSSR count). The lowest BCUT2D eigenvalue weighted by Crippen LogP contribution is -2.50. The molecule has 1 fully saturated rings. The van der Waals surface area contributed by atoms with Gasteiger partial charge in [-0.3, -0.25) is 4.79 Å². The highest BCUT2D eigenvalue weighted by atomic mass is 32.2. The predicted octanol–water partition coefficient (Wildman–Crippen LogP) is 0.164. The van der Waals surface area contributed by atoms with E-state index in [-0.39, 0.29) is 11.7 Å². The number of nitrogens with zero attached hydrogens (tertiary/aromatic N) is 1. The van der Waals surface area contributed by atoms with Crippen LogP contribution in [0.25, 0.3) is 0 Å². The number of hydrogen-bond donors (Lipinski definition) is 2. The number of nitrogens with one attached hydrogen (secondary N) is 2. The van der Waals surface area contributed by atoms with Crippen LogP contribution < -0.4 is 10.6 Å². The average molecular weight is 305 g/mol. The van der Waals surface area contributed by atoms with Crippen LogP contribution in [0.15, 0.2) is 0 Å². The Labute approximate surface area is 122 Å². The standard InChI is InChI=1S/C13H27N3O3S/c1-4-5-6-15-12(17)13(2,3)11-20(18,19)16-9-7-14-8-10-16/h14H,4-11H2,1-3H3,(H,15,17). The van der Waals surface area contributed by atoms with Gasteiger partial charge in [0.15, 0.2) is 0 Å². The first kappa shape index (κ1) is 17.4. The first-order chi connectivity index (χ1) is 9.29. The number of unbranched alkanes of at least 4 members (excludes halogenated alkanes) is 1. The van der Waals surface area contributed by atoms with Crippen molar-refractivity contribution in [2.24, 2.45) is 5.41 Å². The summed E-state index contributed by atoms with van der Waals surface area (Å²) in [5.74, 6) is -0.331. The molecule has 1 heterocycles. The summed E-state index contributed by atoms with van der Waals surface area (Å²) in [5.41, 5.74) is -0.905. The van der Waals surface area contributed by atoms with Gasteiger partial charge in [-0.2, -0.15) is 4.31 Å². The van der Waals surface area contributed by atoms with Crippen LogP contribution in [-0.2, 0) is 14.8 Å². The van der Waals surface area contributed by atoms with Crippen molar-refractivity contribution < 1.29 is 13.2 Å². The van der Waals surface area contributed by atoms with Crippen molar-refractivity contribution in [1.82, 2.24) is 14.9 Å². The first-order valence-corrected chi connectivity index (χ1v) is 8.87. The number of rotatable bonds is 7. The zero-order valence-corrected chi connectivity index (χ0v) is 13.6. The number of amides is 1. The maximum absolute atomic E-state index is 12.4. The van der Waals surface area contributed by atoms with Crippen molar-refractivity contribution >= 4 is 15.9 Å². The summed E-state index contributed by atoms with van der Waals surface area (Å²) < 4.78 is 26.2. The summed E-state index contributed by atoms with van der Waals surface area (Å²) in [4.78, 5) is 12.1. The Balaban J connectivity index is 2.61. The van der Waals surface area contributed by atoms with Gasteiger partial charge in [0, 0.05) is 32.7 Å². The molecule has 7 heteroatoms. The SMILES string of the molecule is CCCCNC(=O)C(C)(C)CS(=O)(=O)N1CCNCC1. The Hall–Kier alpha value is -0.660. The molecule has 0 unspecified atom stereocenters. The van der Waals surface area contributed by atoms with Gasteiger partial charge in [-0.1, -0.05) is 13.3 Å². The van der Waals surface area contributed by atoms with Gasteiger partial charge in [0.25, 0.3) is 0 Å². The number of carbonyl (C=O) groups is 1. The van der Waals surface area contributed by atoms with Crippen LogP contribution in [0.1, 0.15) is 33.6 Å². The maximum atomic E-state index is 12.4. The average Bonchev–Trinajstić information content (AvgIpc) is 2.38. The van der Waals surface area contributed by atoms with E-state index in [9.17, 15) is 13.2 Å². The minimum Gasteiger partial charge on any atom is -0.356 e. The number of piperazine rings is 1. The molecule has 20 heavy (non-hydrogen) atoms. The molecule has 2 N–H and O–H groups in total. The van der Waals surface area contributed by atoms with Gasteiger partial charge in [0.1, 0.15) is 0 Å². The second-order valence-corrected chi connectivity index (χ2v) is 7.87. The Morgan fingerprint density at radius 1 is 1.30 bits per heavy atom. The summed E-state index contributed by atoms with van der Waals surface area (Å²) in [5, 5.41) is 5.94. The van der Waals surface area contributed by atoms with Crippen molar-refractivity contribution in [2.45, 2.75) is 33.6 Å². The zero-order valence-electron chi connectivity index (χ0n) is 12.7. The molecule has 0 saturated carbocycles. The first-order valence-electron chi connectivity index (χ1n) is 7.26. The lowest BCUT2D eigenvalue weighted by Gasteiger charge is -2.30. The molecule has 118 valence electrons. The molecule has 1 aliphatic heterocycles. The molecule has 0 bridgehead atoms. The maximum Gasteiger partial charge on any atom is 0.226 e. The van der Waals surface area contributed by atoms with Crippen LogP contribution in [0.4, 0.5) is 0 Å². The third kappa shape index (κ3) is 5.03. The molecule has 0 atom stereocenters. The quantitative estimate of drug-likeness (QED) is 0.657. The highest BCUT2D eigenvalue weighted by molar-refractivity contribution is 7.89. The molecule has 6 nitrogen and oxygen atoms in total. The van der Waals surface area contributed by atoms with E-state index in [1.807, 2.05) is 6.92 Å². The third-order valence-corrected chi connectivity index (χ3v) is 5.68. The smallest absolute Gasteiger partial charge is 0.226 e. The van der Waals surface area contributed by atoms with Crippen molar-refractivity contribution in [3.8, 4) is 0 Å². The summed E-state index contributed by atoms with van der Waals surface area (Å²) in [6, 6.07) is 0. The lowest BCUT2D eigenvalue weighted by molar-refractivity contribution is -0.128. The Morgan fingerprint density at radius 2 is 1.90 bits per heavy atom. The van der Waals surface area contributed by atoms with Gasteiger partial charge >= 0.3 is 0 Å². The number of sulfonamides is 1. The van der Waals surface area contributed by atoms with Crippen LogP contribution >= 0.6 is 0 Å². The van der Waals surface area contributed by atoms with Gasteiger partial charge in [-0.15, -0.1) is 0 Å². The van der Waals surface area contributed by atoms with E-state index in [1.165, 1.54) is 4.31 Å². The fraction of sp³-hybridized carbons (Fsp3) is 0.923. The monoisotopic (exact) mass is 305 g/mol. The van der Waals surface area contributed by atoms with Crippen LogP contribution in [0.5, 0.6) is 0 Å². The minimum atomic E-state index is -3.38. The van der Waals surface area contributed by atoms with Crippen molar-refractivity contribution in [2.75, 3.05) is 38.5 Å². The zero-order chi connectivity index (χ0) is 15.2. The molecule has 0 aromatic carbocycles. The van der Waals surface area contributed by atoms with E-state index in [1.54, 1.807) is 13.8 Å². The molecule has 0 aromatic heterocycles. The summed E-state index contributed by atoms with van der Waals surface area (Å²) in [6.07, 6.45) is 1.91. The Kier molecular flexibility index (Phi) is 6.42. The Morgan fingerprint density at radius 3 is 2.45 bits per heavy atom. The van der Waals surface area contributed by atoms with E-state index < -0.39 is 15.4 Å². The van der Waals surface area contributed by atoms with Gasteiger partial charge in [0.05, 0.1) is 11.2 Å². The van der Waals surface area contributed by atoms with Crippen LogP contribution in [0.2, 0.25) is 0 Å². The highest BCUT2D eigenvalue weighted by Gasteiger charge is 2.36. The lowest BCUT2D eigenvalue weighted by atomic mass is 9.95. The predicted molar refractivity (Wildman–Crippen MR) is 79.9 cm³/mol. The molecule has 0 aliphatic carbocycles. The van der Waals surface area contributed by atoms with Gasteiger partial charge in [-0.05, 0) is 20.3 Å². The van der Waals surface area contributed by atoms with Crippen LogP contribution in [0, 0.1) is 5.41 Å². The van der Waals surface area contributed by atoms with Crippen molar-refractivity contribution in [3.63, 3.8) is 0 Å². The number of carbonyl (C=O) groups excluding carboxylic acids is 1. The normalized spacial score (nSPS) is 17.9. The second-order valence-electron chi connectivity index (χ2n) is 5.90. The van der Waals surface area contributed by atoms with E-state index >= 15 is 0 Å². The number of hydrogen-bond acceptors (Lipinski definition) is 4. The Bertz CT molecular complexity index is 415. The van der Waals surface area contributed by atoms with Crippen molar-refractivity contribution in [1.29, 1.82) is 0 Å². The van der Waals surface area contributed by atoms with Gasteiger partial charge in [-0.25, -0.2) is 8.42 Å². The van der Waals surface area contributed by atoms with E-state index in [2.05, 4.69) is 10.6 Å². The molecule has 0 aromatic rings. The van der Waals surface area contributed by atoms with E-state index in [4.69, 9.17) is 0 Å². The highest BCUT2D eigenvalue weighted by Crippen LogP contribution is 2.20. The van der Waals surface area contributed by atoms with Crippen LogP contribution in [-0.4, -0.2) is 57.1 Å². The molecule has 1 saturated heterocycles. The van der Waals surface area contributed by atoms with Crippen molar-refractivity contribution in [3.05, 3.63) is 0 Å². The summed E-state index contributed by atoms with van der Waals surface area (Å²) >= 11 is 0. The molecular formula is C13H27N3O3S. The second kappa shape index (κ2) is 7.38. The van der Waals surface area contributed by atoms with Gasteiger partial charge in [0.2, 0.25) is 15.9 Å². The molecule has 1 aliphatic rings. The molecular weight excluding hydrogens is 278 g/mol. The fourth-order valence-corrected chi connectivity index (χ4v) is 4.12. The van der Waals surface area contributed by atoms with Crippen LogP contribution in [0.3, 0.4) is 0 Å². The molecule has 1 amide bonds. The minimum absolute atomic E-state index is 0.141. The van der Waals surface area contributed by atoms with E-state index in [0.717, 1.165) is 12.8 Å².